The number of urea groups is 1. The molecule has 0 bridgehead atoms. The van der Waals surface area contributed by atoms with Crippen LogP contribution in [0.1, 0.15) is 11.1 Å². The van der Waals surface area contributed by atoms with E-state index in [4.69, 9.17) is 5.73 Å². The van der Waals surface area contributed by atoms with E-state index < -0.39 is 11.0 Å². The first-order valence-electron chi connectivity index (χ1n) is 4.24. The second-order valence-corrected chi connectivity index (χ2v) is 3.15. The van der Waals surface area contributed by atoms with E-state index in [1.165, 1.54) is 6.07 Å². The molecule has 0 saturated carbocycles. The van der Waals surface area contributed by atoms with E-state index >= 15 is 0 Å². The lowest BCUT2D eigenvalue weighted by atomic mass is 10.1. The van der Waals surface area contributed by atoms with Gasteiger partial charge < -0.3 is 11.1 Å². The second-order valence-electron chi connectivity index (χ2n) is 3.15. The summed E-state index contributed by atoms with van der Waals surface area (Å²) in [5.74, 6) is 0. The third kappa shape index (κ3) is 2.22. The number of aryl methyl sites for hydroxylation is 1. The van der Waals surface area contributed by atoms with Crippen molar-refractivity contribution >= 4 is 17.4 Å². The lowest BCUT2D eigenvalue weighted by molar-refractivity contribution is -0.384. The number of carbonyl (C=O) groups excluding carboxylic acids is 1. The van der Waals surface area contributed by atoms with Gasteiger partial charge in [0.05, 0.1) is 4.92 Å². The van der Waals surface area contributed by atoms with E-state index in [0.717, 1.165) is 5.56 Å². The van der Waals surface area contributed by atoms with Crippen molar-refractivity contribution in [2.45, 2.75) is 13.8 Å². The Morgan fingerprint density at radius 3 is 2.53 bits per heavy atom. The molecule has 0 fully saturated rings. The van der Waals surface area contributed by atoms with Gasteiger partial charge in [-0.15, -0.1) is 0 Å². The summed E-state index contributed by atoms with van der Waals surface area (Å²) >= 11 is 0. The summed E-state index contributed by atoms with van der Waals surface area (Å²) in [6, 6.07) is 2.15. The van der Waals surface area contributed by atoms with E-state index in [9.17, 15) is 14.9 Å². The largest absolute Gasteiger partial charge is 0.351 e. The van der Waals surface area contributed by atoms with Crippen molar-refractivity contribution in [2.75, 3.05) is 5.32 Å². The lowest BCUT2D eigenvalue weighted by Gasteiger charge is -2.08. The highest BCUT2D eigenvalue weighted by Gasteiger charge is 2.18. The average Bonchev–Trinajstić information content (AvgIpc) is 2.12. The van der Waals surface area contributed by atoms with Crippen molar-refractivity contribution in [1.82, 2.24) is 0 Å². The van der Waals surface area contributed by atoms with Gasteiger partial charge in [0, 0.05) is 6.07 Å². The fourth-order valence-electron chi connectivity index (χ4n) is 1.23. The Balaban J connectivity index is 3.34. The molecule has 1 aromatic rings. The van der Waals surface area contributed by atoms with Crippen molar-refractivity contribution < 1.29 is 9.72 Å². The summed E-state index contributed by atoms with van der Waals surface area (Å²) in [7, 11) is 0. The monoisotopic (exact) mass is 209 g/mol. The number of primary amides is 1. The van der Waals surface area contributed by atoms with Crippen LogP contribution in [-0.4, -0.2) is 11.0 Å². The van der Waals surface area contributed by atoms with Crippen LogP contribution in [0.2, 0.25) is 0 Å². The summed E-state index contributed by atoms with van der Waals surface area (Å²) in [6.07, 6.45) is 0. The molecule has 15 heavy (non-hydrogen) atoms. The van der Waals surface area contributed by atoms with Crippen LogP contribution >= 0.6 is 0 Å². The van der Waals surface area contributed by atoms with E-state index in [-0.39, 0.29) is 11.4 Å². The van der Waals surface area contributed by atoms with Gasteiger partial charge in [0.2, 0.25) is 0 Å². The van der Waals surface area contributed by atoms with Crippen LogP contribution in [0, 0.1) is 24.0 Å². The van der Waals surface area contributed by atoms with Crippen molar-refractivity contribution in [2.24, 2.45) is 5.73 Å². The van der Waals surface area contributed by atoms with E-state index in [0.29, 0.717) is 5.56 Å². The van der Waals surface area contributed by atoms with E-state index in [1.807, 2.05) is 0 Å². The predicted octanol–water partition coefficient (Wildman–Crippen LogP) is 1.70. The SMILES string of the molecule is Cc1ccc([N+](=O)[O-])c(NC(N)=O)c1C. The summed E-state index contributed by atoms with van der Waals surface area (Å²) in [4.78, 5) is 20.8. The fraction of sp³-hybridized carbons (Fsp3) is 0.222. The Bertz CT molecular complexity index is 429. The average molecular weight is 209 g/mol. The molecule has 0 radical (unpaired) electrons. The maximum Gasteiger partial charge on any atom is 0.316 e. The molecule has 0 aliphatic rings. The Morgan fingerprint density at radius 2 is 2.07 bits per heavy atom. The Labute approximate surface area is 86.2 Å². The quantitative estimate of drug-likeness (QED) is 0.572. The van der Waals surface area contributed by atoms with E-state index in [1.54, 1.807) is 19.9 Å². The molecule has 1 aromatic carbocycles. The number of benzene rings is 1. The number of nitrogens with zero attached hydrogens (tertiary/aromatic N) is 1. The first-order valence-corrected chi connectivity index (χ1v) is 4.24. The molecule has 0 saturated heterocycles. The van der Waals surface area contributed by atoms with Gasteiger partial charge in [0.1, 0.15) is 5.69 Å². The van der Waals surface area contributed by atoms with Crippen LogP contribution in [0.3, 0.4) is 0 Å². The Hall–Kier alpha value is -2.11. The van der Waals surface area contributed by atoms with Gasteiger partial charge in [-0.2, -0.15) is 0 Å². The van der Waals surface area contributed by atoms with Crippen LogP contribution in [0.4, 0.5) is 16.2 Å². The number of amides is 2. The molecule has 80 valence electrons. The zero-order valence-electron chi connectivity index (χ0n) is 8.40. The molecule has 1 rings (SSSR count). The number of nitrogens with two attached hydrogens (primary N) is 1. The predicted molar refractivity (Wildman–Crippen MR) is 55.8 cm³/mol. The maximum atomic E-state index is 10.7. The van der Waals surface area contributed by atoms with Crippen molar-refractivity contribution in [3.05, 3.63) is 33.4 Å². The summed E-state index contributed by atoms with van der Waals surface area (Å²) < 4.78 is 0. The van der Waals surface area contributed by atoms with Crippen LogP contribution in [0.15, 0.2) is 12.1 Å². The number of rotatable bonds is 2. The van der Waals surface area contributed by atoms with Gasteiger partial charge >= 0.3 is 6.03 Å². The lowest BCUT2D eigenvalue weighted by Crippen LogP contribution is -2.20. The number of nitro benzene ring substituents is 1. The summed E-state index contributed by atoms with van der Waals surface area (Å²) in [6.45, 7) is 3.48. The van der Waals surface area contributed by atoms with Crippen LogP contribution in [-0.2, 0) is 0 Å². The third-order valence-corrected chi connectivity index (χ3v) is 2.16. The molecule has 0 atom stereocenters. The Kier molecular flexibility index (Phi) is 2.89. The normalized spacial score (nSPS) is 9.73. The first-order chi connectivity index (χ1) is 6.93. The topological polar surface area (TPSA) is 98.3 Å². The van der Waals surface area contributed by atoms with Crippen LogP contribution in [0.5, 0.6) is 0 Å². The van der Waals surface area contributed by atoms with Gasteiger partial charge in [-0.25, -0.2) is 4.79 Å². The second kappa shape index (κ2) is 3.95. The highest BCUT2D eigenvalue weighted by Crippen LogP contribution is 2.29. The van der Waals surface area contributed by atoms with Crippen molar-refractivity contribution in [3.63, 3.8) is 0 Å². The minimum atomic E-state index is -0.813. The van der Waals surface area contributed by atoms with Gasteiger partial charge in [0.25, 0.3) is 5.69 Å². The molecular weight excluding hydrogens is 198 g/mol. The number of nitrogens with one attached hydrogen (secondary N) is 1. The van der Waals surface area contributed by atoms with Crippen LogP contribution < -0.4 is 11.1 Å². The highest BCUT2D eigenvalue weighted by atomic mass is 16.6. The zero-order valence-corrected chi connectivity index (χ0v) is 8.40. The summed E-state index contributed by atoms with van der Waals surface area (Å²) in [5.41, 5.74) is 6.44. The minimum Gasteiger partial charge on any atom is -0.351 e. The van der Waals surface area contributed by atoms with Crippen LogP contribution in [0.25, 0.3) is 0 Å². The number of hydrogen-bond donors (Lipinski definition) is 2. The Morgan fingerprint density at radius 1 is 1.47 bits per heavy atom. The van der Waals surface area contributed by atoms with E-state index in [2.05, 4.69) is 5.32 Å². The molecule has 0 aromatic heterocycles. The third-order valence-electron chi connectivity index (χ3n) is 2.16. The molecular formula is C9H11N3O3. The molecule has 0 unspecified atom stereocenters. The van der Waals surface area contributed by atoms with Gasteiger partial charge in [-0.1, -0.05) is 6.07 Å². The van der Waals surface area contributed by atoms with Crippen molar-refractivity contribution in [3.8, 4) is 0 Å². The number of nitro groups is 1. The minimum absolute atomic E-state index is 0.156. The number of anilines is 1. The van der Waals surface area contributed by atoms with Crippen molar-refractivity contribution in [1.29, 1.82) is 0 Å². The van der Waals surface area contributed by atoms with Gasteiger partial charge in [-0.05, 0) is 25.0 Å². The summed E-state index contributed by atoms with van der Waals surface area (Å²) in [5, 5.41) is 12.9. The number of carbonyl (C=O) groups is 1. The molecule has 2 amide bonds. The molecule has 6 heteroatoms. The molecule has 0 aliphatic heterocycles. The molecule has 0 aliphatic carbocycles. The fourth-order valence-corrected chi connectivity index (χ4v) is 1.23. The van der Waals surface area contributed by atoms with Gasteiger partial charge in [0.15, 0.2) is 0 Å². The first kappa shape index (κ1) is 11.0. The smallest absolute Gasteiger partial charge is 0.316 e. The van der Waals surface area contributed by atoms with Gasteiger partial charge in [-0.3, -0.25) is 10.1 Å². The molecule has 0 spiro atoms. The highest BCUT2D eigenvalue weighted by molar-refractivity contribution is 5.92. The molecule has 6 nitrogen and oxygen atoms in total. The standard InChI is InChI=1S/C9H11N3O3/c1-5-3-4-7(12(14)15)8(6(5)2)11-9(10)13/h3-4H,1-2H3,(H3,10,11,13). The zero-order chi connectivity index (χ0) is 11.6. The maximum absolute atomic E-state index is 10.7. The number of hydrogen-bond acceptors (Lipinski definition) is 3. The molecule has 0 heterocycles. The molecule has 3 N–H and O–H groups in total.